The summed E-state index contributed by atoms with van der Waals surface area (Å²) in [5.74, 6) is 0.845. The van der Waals surface area contributed by atoms with Gasteiger partial charge in [-0.3, -0.25) is 0 Å². The van der Waals surface area contributed by atoms with Crippen molar-refractivity contribution in [2.45, 2.75) is 58.5 Å². The van der Waals surface area contributed by atoms with Gasteiger partial charge in [0.2, 0.25) is 0 Å². The number of aryl methyl sites for hydroxylation is 1. The molecule has 1 N–H and O–H groups in total. The minimum atomic E-state index is 0.518. The van der Waals surface area contributed by atoms with E-state index in [4.69, 9.17) is 0 Å². The maximum absolute atomic E-state index is 3.81. The Morgan fingerprint density at radius 3 is 2.69 bits per heavy atom. The Morgan fingerprint density at radius 2 is 2.06 bits per heavy atom. The molecule has 0 bridgehead atoms. The van der Waals surface area contributed by atoms with E-state index in [0.717, 1.165) is 12.0 Å². The number of thiophene rings is 1. The molecule has 0 aromatic carbocycles. The van der Waals surface area contributed by atoms with Crippen LogP contribution < -0.4 is 5.32 Å². The van der Waals surface area contributed by atoms with E-state index < -0.39 is 0 Å². The molecule has 1 heterocycles. The highest BCUT2D eigenvalue weighted by Crippen LogP contribution is 2.28. The molecule has 1 aromatic heterocycles. The van der Waals surface area contributed by atoms with Gasteiger partial charge >= 0.3 is 0 Å². The van der Waals surface area contributed by atoms with Gasteiger partial charge in [0.25, 0.3) is 0 Å². The molecule has 0 amide bonds. The third kappa shape index (κ3) is 2.86. The van der Waals surface area contributed by atoms with Crippen LogP contribution in [0.25, 0.3) is 0 Å². The lowest BCUT2D eigenvalue weighted by Crippen LogP contribution is -2.38. The highest BCUT2D eigenvalue weighted by atomic mass is 32.1. The Labute approximate surface area is 103 Å². The lowest BCUT2D eigenvalue weighted by atomic mass is 9.85. The predicted octanol–water partition coefficient (Wildman–Crippen LogP) is 4.29. The summed E-state index contributed by atoms with van der Waals surface area (Å²) < 4.78 is 0. The van der Waals surface area contributed by atoms with E-state index in [1.807, 2.05) is 11.3 Å². The van der Waals surface area contributed by atoms with Crippen LogP contribution in [0.15, 0.2) is 12.1 Å². The fourth-order valence-corrected chi connectivity index (χ4v) is 3.54. The topological polar surface area (TPSA) is 12.0 Å². The monoisotopic (exact) mass is 237 g/mol. The van der Waals surface area contributed by atoms with Gasteiger partial charge in [-0.2, -0.15) is 0 Å². The van der Waals surface area contributed by atoms with E-state index in [1.54, 1.807) is 0 Å². The summed E-state index contributed by atoms with van der Waals surface area (Å²) in [6, 6.07) is 5.74. The Balaban J connectivity index is 1.93. The Kier molecular flexibility index (Phi) is 4.04. The molecule has 3 atom stereocenters. The Morgan fingerprint density at radius 1 is 1.31 bits per heavy atom. The molecule has 90 valence electrons. The standard InChI is InChI=1S/C14H23NS/c1-10-6-4-5-7-13(10)15-12(3)14-9-8-11(2)16-14/h8-10,12-13,15H,4-7H2,1-3H3. The summed E-state index contributed by atoms with van der Waals surface area (Å²) in [4.78, 5) is 2.90. The van der Waals surface area contributed by atoms with Crippen LogP contribution in [0.4, 0.5) is 0 Å². The van der Waals surface area contributed by atoms with E-state index in [-0.39, 0.29) is 0 Å². The zero-order valence-electron chi connectivity index (χ0n) is 10.6. The minimum absolute atomic E-state index is 0.518. The van der Waals surface area contributed by atoms with Gasteiger partial charge in [-0.1, -0.05) is 19.8 Å². The maximum atomic E-state index is 3.81. The first kappa shape index (κ1) is 12.1. The molecule has 16 heavy (non-hydrogen) atoms. The summed E-state index contributed by atoms with van der Waals surface area (Å²) in [5.41, 5.74) is 0. The van der Waals surface area contributed by atoms with E-state index in [1.165, 1.54) is 35.4 Å². The second-order valence-corrected chi connectivity index (χ2v) is 6.52. The minimum Gasteiger partial charge on any atom is -0.306 e. The first-order valence-electron chi connectivity index (χ1n) is 6.49. The van der Waals surface area contributed by atoms with Gasteiger partial charge in [0.15, 0.2) is 0 Å². The molecule has 1 aliphatic carbocycles. The second-order valence-electron chi connectivity index (χ2n) is 5.21. The van der Waals surface area contributed by atoms with Crippen molar-refractivity contribution in [1.82, 2.24) is 5.32 Å². The molecule has 1 saturated carbocycles. The summed E-state index contributed by atoms with van der Waals surface area (Å²) in [6.45, 7) is 6.87. The van der Waals surface area contributed by atoms with Crippen molar-refractivity contribution in [2.24, 2.45) is 5.92 Å². The largest absolute Gasteiger partial charge is 0.306 e. The third-order valence-corrected chi connectivity index (χ3v) is 4.95. The number of nitrogens with one attached hydrogen (secondary N) is 1. The predicted molar refractivity (Wildman–Crippen MR) is 72.0 cm³/mol. The quantitative estimate of drug-likeness (QED) is 0.827. The first-order valence-corrected chi connectivity index (χ1v) is 7.31. The van der Waals surface area contributed by atoms with E-state index in [9.17, 15) is 0 Å². The van der Waals surface area contributed by atoms with E-state index >= 15 is 0 Å². The molecule has 1 nitrogen and oxygen atoms in total. The molecule has 1 aromatic rings. The van der Waals surface area contributed by atoms with E-state index in [0.29, 0.717) is 6.04 Å². The van der Waals surface area contributed by atoms with Crippen molar-refractivity contribution in [3.8, 4) is 0 Å². The molecule has 2 heteroatoms. The first-order chi connectivity index (χ1) is 7.66. The molecule has 3 unspecified atom stereocenters. The fraction of sp³-hybridized carbons (Fsp3) is 0.714. The lowest BCUT2D eigenvalue weighted by Gasteiger charge is -2.32. The summed E-state index contributed by atoms with van der Waals surface area (Å²) in [7, 11) is 0. The van der Waals surface area contributed by atoms with Gasteiger partial charge in [-0.25, -0.2) is 0 Å². The van der Waals surface area contributed by atoms with Crippen LogP contribution in [0.2, 0.25) is 0 Å². The van der Waals surface area contributed by atoms with Crippen molar-refractivity contribution in [3.63, 3.8) is 0 Å². The number of hydrogen-bond donors (Lipinski definition) is 1. The van der Waals surface area contributed by atoms with Crippen LogP contribution in [0, 0.1) is 12.8 Å². The molecule has 2 rings (SSSR count). The van der Waals surface area contributed by atoms with Crippen molar-refractivity contribution < 1.29 is 0 Å². The Hall–Kier alpha value is -0.340. The molecule has 0 aliphatic heterocycles. The van der Waals surface area contributed by atoms with Crippen LogP contribution >= 0.6 is 11.3 Å². The van der Waals surface area contributed by atoms with E-state index in [2.05, 4.69) is 38.2 Å². The lowest BCUT2D eigenvalue weighted by molar-refractivity contribution is 0.264. The normalized spacial score (nSPS) is 27.9. The number of rotatable bonds is 3. The van der Waals surface area contributed by atoms with Crippen LogP contribution in [-0.4, -0.2) is 6.04 Å². The zero-order chi connectivity index (χ0) is 11.5. The van der Waals surface area contributed by atoms with Crippen LogP contribution in [0.5, 0.6) is 0 Å². The van der Waals surface area contributed by atoms with Gasteiger partial charge in [0, 0.05) is 21.8 Å². The summed E-state index contributed by atoms with van der Waals surface area (Å²) >= 11 is 1.92. The van der Waals surface area contributed by atoms with Gasteiger partial charge < -0.3 is 5.32 Å². The van der Waals surface area contributed by atoms with Crippen LogP contribution in [-0.2, 0) is 0 Å². The molecule has 0 saturated heterocycles. The van der Waals surface area contributed by atoms with Crippen LogP contribution in [0.1, 0.15) is 55.3 Å². The van der Waals surface area contributed by atoms with Crippen molar-refractivity contribution in [1.29, 1.82) is 0 Å². The smallest absolute Gasteiger partial charge is 0.0388 e. The SMILES string of the molecule is Cc1ccc(C(C)NC2CCCCC2C)s1. The van der Waals surface area contributed by atoms with Crippen molar-refractivity contribution in [3.05, 3.63) is 21.9 Å². The molecule has 0 spiro atoms. The van der Waals surface area contributed by atoms with Crippen molar-refractivity contribution >= 4 is 11.3 Å². The maximum Gasteiger partial charge on any atom is 0.0388 e. The summed E-state index contributed by atoms with van der Waals surface area (Å²) in [5, 5.41) is 3.81. The zero-order valence-corrected chi connectivity index (χ0v) is 11.4. The fourth-order valence-electron chi connectivity index (χ4n) is 2.65. The van der Waals surface area contributed by atoms with Crippen LogP contribution in [0.3, 0.4) is 0 Å². The number of hydrogen-bond acceptors (Lipinski definition) is 2. The molecule has 1 aliphatic rings. The summed E-state index contributed by atoms with van der Waals surface area (Å²) in [6.07, 6.45) is 5.58. The molecular formula is C14H23NS. The van der Waals surface area contributed by atoms with Gasteiger partial charge in [-0.05, 0) is 44.7 Å². The highest BCUT2D eigenvalue weighted by Gasteiger charge is 2.23. The average molecular weight is 237 g/mol. The third-order valence-electron chi connectivity index (χ3n) is 3.76. The van der Waals surface area contributed by atoms with Gasteiger partial charge in [-0.15, -0.1) is 11.3 Å². The van der Waals surface area contributed by atoms with Gasteiger partial charge in [0.05, 0.1) is 0 Å². The van der Waals surface area contributed by atoms with Crippen molar-refractivity contribution in [2.75, 3.05) is 0 Å². The molecular weight excluding hydrogens is 214 g/mol. The second kappa shape index (κ2) is 5.33. The molecule has 1 fully saturated rings. The average Bonchev–Trinajstić information content (AvgIpc) is 2.68. The Bertz CT molecular complexity index is 331. The van der Waals surface area contributed by atoms with Gasteiger partial charge in [0.1, 0.15) is 0 Å². The molecule has 0 radical (unpaired) electrons. The highest BCUT2D eigenvalue weighted by molar-refractivity contribution is 7.12.